The van der Waals surface area contributed by atoms with E-state index in [0.717, 1.165) is 67.2 Å². The zero-order chi connectivity index (χ0) is 26.5. The van der Waals surface area contributed by atoms with Crippen LogP contribution in [0.3, 0.4) is 0 Å². The second-order valence-electron chi connectivity index (χ2n) is 9.54. The lowest BCUT2D eigenvalue weighted by atomic mass is 10.1. The molecular formula is C30H33N7O. The summed E-state index contributed by atoms with van der Waals surface area (Å²) in [6.07, 6.45) is 2.05. The predicted molar refractivity (Wildman–Crippen MR) is 152 cm³/mol. The Balaban J connectivity index is 1.36. The van der Waals surface area contributed by atoms with Gasteiger partial charge in [0.25, 0.3) is 0 Å². The number of ketones is 1. The molecule has 0 aliphatic carbocycles. The van der Waals surface area contributed by atoms with Crippen LogP contribution in [0.4, 0.5) is 17.5 Å². The number of carbonyl (C=O) groups is 1. The van der Waals surface area contributed by atoms with Gasteiger partial charge in [0, 0.05) is 50.4 Å². The number of hydrogen-bond acceptors (Lipinski definition) is 7. The summed E-state index contributed by atoms with van der Waals surface area (Å²) in [6, 6.07) is 15.7. The Kier molecular flexibility index (Phi) is 7.66. The van der Waals surface area contributed by atoms with E-state index in [1.807, 2.05) is 66.3 Å². The smallest absolute Gasteiger partial charge is 0.229 e. The molecule has 1 saturated heterocycles. The first-order valence-electron chi connectivity index (χ1n) is 13.2. The number of benzene rings is 2. The van der Waals surface area contributed by atoms with E-state index in [0.29, 0.717) is 11.8 Å². The Morgan fingerprint density at radius 3 is 2.53 bits per heavy atom. The first-order valence-corrected chi connectivity index (χ1v) is 13.2. The highest BCUT2D eigenvalue weighted by Gasteiger charge is 2.21. The van der Waals surface area contributed by atoms with E-state index >= 15 is 0 Å². The third kappa shape index (κ3) is 5.84. The van der Waals surface area contributed by atoms with Gasteiger partial charge in [0.15, 0.2) is 17.0 Å². The molecule has 38 heavy (non-hydrogen) atoms. The van der Waals surface area contributed by atoms with Crippen molar-refractivity contribution >= 4 is 34.4 Å². The van der Waals surface area contributed by atoms with E-state index in [1.54, 1.807) is 0 Å². The average molecular weight is 508 g/mol. The quantitative estimate of drug-likeness (QED) is 0.376. The van der Waals surface area contributed by atoms with E-state index in [9.17, 15) is 4.79 Å². The lowest BCUT2D eigenvalue weighted by Gasteiger charge is -2.34. The minimum Gasteiger partial charge on any atom is -0.338 e. The van der Waals surface area contributed by atoms with Gasteiger partial charge >= 0.3 is 0 Å². The summed E-state index contributed by atoms with van der Waals surface area (Å²) < 4.78 is 2.04. The van der Waals surface area contributed by atoms with Crippen LogP contribution in [0.1, 0.15) is 30.5 Å². The van der Waals surface area contributed by atoms with Crippen LogP contribution in [-0.4, -0.2) is 62.9 Å². The van der Waals surface area contributed by atoms with Crippen LogP contribution in [0.15, 0.2) is 54.9 Å². The number of fused-ring (bicyclic) bond motifs is 1. The maximum absolute atomic E-state index is 12.6. The number of piperazine rings is 1. The number of imidazole rings is 1. The second kappa shape index (κ2) is 11.4. The van der Waals surface area contributed by atoms with Crippen LogP contribution in [0.25, 0.3) is 11.2 Å². The molecule has 194 valence electrons. The monoisotopic (exact) mass is 507 g/mol. The first-order chi connectivity index (χ1) is 18.5. The van der Waals surface area contributed by atoms with E-state index in [-0.39, 0.29) is 12.2 Å². The highest BCUT2D eigenvalue weighted by Crippen LogP contribution is 2.26. The Labute approximate surface area is 223 Å². The maximum atomic E-state index is 12.6. The van der Waals surface area contributed by atoms with Gasteiger partial charge in [-0.25, -0.2) is 4.98 Å². The number of hydrogen-bond donors (Lipinski definition) is 1. The number of nitrogens with one attached hydrogen (secondary N) is 1. The van der Waals surface area contributed by atoms with Crippen molar-refractivity contribution < 1.29 is 4.79 Å². The van der Waals surface area contributed by atoms with E-state index in [4.69, 9.17) is 9.97 Å². The van der Waals surface area contributed by atoms with Crippen LogP contribution in [0.5, 0.6) is 0 Å². The molecule has 5 rings (SSSR count). The molecular weight excluding hydrogens is 474 g/mol. The van der Waals surface area contributed by atoms with Crippen LogP contribution in [0, 0.1) is 18.8 Å². The van der Waals surface area contributed by atoms with Crippen molar-refractivity contribution in [2.24, 2.45) is 0 Å². The summed E-state index contributed by atoms with van der Waals surface area (Å²) in [5.74, 6) is 6.99. The van der Waals surface area contributed by atoms with Crippen LogP contribution >= 0.6 is 0 Å². The van der Waals surface area contributed by atoms with Crippen LogP contribution in [-0.2, 0) is 17.8 Å². The number of Topliss-reactive ketones (excluding diaryl/α,β-unsaturated/α-hetero) is 1. The van der Waals surface area contributed by atoms with Gasteiger partial charge in [-0.05, 0) is 56.1 Å². The third-order valence-corrected chi connectivity index (χ3v) is 6.85. The van der Waals surface area contributed by atoms with Crippen molar-refractivity contribution in [3.8, 4) is 11.8 Å². The molecule has 2 aromatic carbocycles. The highest BCUT2D eigenvalue weighted by atomic mass is 16.1. The van der Waals surface area contributed by atoms with E-state index in [2.05, 4.69) is 45.8 Å². The molecule has 0 unspecified atom stereocenters. The Hall–Kier alpha value is -4.22. The summed E-state index contributed by atoms with van der Waals surface area (Å²) in [6.45, 7) is 11.9. The number of carbonyl (C=O) groups excluding carboxylic acids is 1. The van der Waals surface area contributed by atoms with E-state index in [1.165, 1.54) is 5.56 Å². The molecule has 2 aromatic heterocycles. The fourth-order valence-corrected chi connectivity index (χ4v) is 4.56. The molecule has 8 nitrogen and oxygen atoms in total. The van der Waals surface area contributed by atoms with Gasteiger partial charge in [-0.1, -0.05) is 42.7 Å². The van der Waals surface area contributed by atoms with Gasteiger partial charge in [0.2, 0.25) is 11.7 Å². The standard InChI is InChI=1S/C30H33N7O/c1-4-35-15-17-37(18-16-35)30-33-28(27-29(34-30)36(5-2)21-31-27)32-25-8-6-7-24(19-25)20-26(38)14-13-23-11-9-22(3)10-12-23/h6-12,19,21H,4-5,15-18,20H2,1-3H3,(H,32,33,34). The summed E-state index contributed by atoms with van der Waals surface area (Å²) in [5.41, 5.74) is 5.28. The molecule has 3 heterocycles. The minimum absolute atomic E-state index is 0.123. The minimum atomic E-state index is -0.123. The zero-order valence-corrected chi connectivity index (χ0v) is 22.2. The molecule has 0 bridgehead atoms. The van der Waals surface area contributed by atoms with Crippen molar-refractivity contribution in [3.05, 3.63) is 71.5 Å². The van der Waals surface area contributed by atoms with Crippen molar-refractivity contribution in [1.82, 2.24) is 24.4 Å². The van der Waals surface area contributed by atoms with Crippen molar-refractivity contribution in [2.45, 2.75) is 33.7 Å². The SMILES string of the molecule is CCN1CCN(c2nc(Nc3cccc(CC(=O)C#Cc4ccc(C)cc4)c3)c3ncn(CC)c3n2)CC1. The maximum Gasteiger partial charge on any atom is 0.229 e. The largest absolute Gasteiger partial charge is 0.338 e. The van der Waals surface area contributed by atoms with Gasteiger partial charge in [-0.2, -0.15) is 9.97 Å². The van der Waals surface area contributed by atoms with Gasteiger partial charge in [-0.3, -0.25) is 4.79 Å². The molecule has 0 radical (unpaired) electrons. The Morgan fingerprint density at radius 1 is 1.00 bits per heavy atom. The molecule has 1 aliphatic rings. The van der Waals surface area contributed by atoms with Crippen molar-refractivity contribution in [3.63, 3.8) is 0 Å². The zero-order valence-electron chi connectivity index (χ0n) is 22.2. The average Bonchev–Trinajstić information content (AvgIpc) is 3.36. The number of aryl methyl sites for hydroxylation is 2. The molecule has 1 N–H and O–H groups in total. The normalized spacial score (nSPS) is 13.8. The van der Waals surface area contributed by atoms with Crippen LogP contribution in [0.2, 0.25) is 0 Å². The van der Waals surface area contributed by atoms with Gasteiger partial charge in [0.1, 0.15) is 0 Å². The Bertz CT molecular complexity index is 1490. The molecule has 8 heteroatoms. The number of likely N-dealkylation sites (N-methyl/N-ethyl adjacent to an activating group) is 1. The molecule has 4 aromatic rings. The summed E-state index contributed by atoms with van der Waals surface area (Å²) in [7, 11) is 0. The van der Waals surface area contributed by atoms with E-state index < -0.39 is 0 Å². The Morgan fingerprint density at radius 2 is 1.79 bits per heavy atom. The van der Waals surface area contributed by atoms with Crippen LogP contribution < -0.4 is 10.2 Å². The summed E-state index contributed by atoms with van der Waals surface area (Å²) >= 11 is 0. The molecule has 0 atom stereocenters. The predicted octanol–water partition coefficient (Wildman–Crippen LogP) is 4.20. The van der Waals surface area contributed by atoms with Gasteiger partial charge in [-0.15, -0.1) is 0 Å². The van der Waals surface area contributed by atoms with Gasteiger partial charge < -0.3 is 19.7 Å². The molecule has 0 saturated carbocycles. The molecule has 0 spiro atoms. The van der Waals surface area contributed by atoms with Crippen molar-refractivity contribution in [2.75, 3.05) is 42.9 Å². The number of anilines is 3. The number of nitrogens with zero attached hydrogens (tertiary/aromatic N) is 6. The van der Waals surface area contributed by atoms with Crippen molar-refractivity contribution in [1.29, 1.82) is 0 Å². The number of aromatic nitrogens is 4. The lowest BCUT2D eigenvalue weighted by molar-refractivity contribution is -0.113. The first kappa shape index (κ1) is 25.4. The lowest BCUT2D eigenvalue weighted by Crippen LogP contribution is -2.46. The summed E-state index contributed by atoms with van der Waals surface area (Å²) in [4.78, 5) is 31.6. The fraction of sp³-hybridized carbons (Fsp3) is 0.333. The fourth-order valence-electron chi connectivity index (χ4n) is 4.56. The third-order valence-electron chi connectivity index (χ3n) is 6.85. The molecule has 1 aliphatic heterocycles. The summed E-state index contributed by atoms with van der Waals surface area (Å²) in [5, 5.41) is 3.45. The number of rotatable bonds is 7. The van der Waals surface area contributed by atoms with Gasteiger partial charge in [0.05, 0.1) is 6.33 Å². The second-order valence-corrected chi connectivity index (χ2v) is 9.54. The highest BCUT2D eigenvalue weighted by molar-refractivity contribution is 5.97. The molecule has 0 amide bonds. The molecule has 1 fully saturated rings. The topological polar surface area (TPSA) is 79.2 Å².